The summed E-state index contributed by atoms with van der Waals surface area (Å²) in [6, 6.07) is 0.570. The minimum absolute atomic E-state index is 0.0744. The lowest BCUT2D eigenvalue weighted by molar-refractivity contribution is -0.123. The topological polar surface area (TPSA) is 58.4 Å². The van der Waals surface area contributed by atoms with Crippen molar-refractivity contribution in [1.82, 2.24) is 10.2 Å². The molecule has 1 rings (SSSR count). The second-order valence-electron chi connectivity index (χ2n) is 6.53. The Morgan fingerprint density at radius 3 is 2.55 bits per heavy atom. The lowest BCUT2D eigenvalue weighted by atomic mass is 9.71. The Kier molecular flexibility index (Phi) is 7.52. The smallest absolute Gasteiger partial charge is 0.220 e. The van der Waals surface area contributed by atoms with Crippen molar-refractivity contribution in [3.8, 4) is 0 Å². The van der Waals surface area contributed by atoms with Crippen LogP contribution in [0.3, 0.4) is 0 Å². The molecule has 0 aromatic rings. The van der Waals surface area contributed by atoms with E-state index in [0.717, 1.165) is 32.4 Å². The van der Waals surface area contributed by atoms with E-state index in [9.17, 15) is 4.79 Å². The number of amides is 1. The van der Waals surface area contributed by atoms with Gasteiger partial charge in [-0.1, -0.05) is 26.2 Å². The summed E-state index contributed by atoms with van der Waals surface area (Å²) in [6.07, 6.45) is 7.72. The molecule has 3 N–H and O–H groups in total. The highest BCUT2D eigenvalue weighted by Gasteiger charge is 2.32. The highest BCUT2D eigenvalue weighted by atomic mass is 16.1. The third kappa shape index (κ3) is 5.41. The average Bonchev–Trinajstić information content (AvgIpc) is 2.47. The van der Waals surface area contributed by atoms with Gasteiger partial charge in [0, 0.05) is 25.6 Å². The third-order valence-corrected chi connectivity index (χ3v) is 5.01. The summed E-state index contributed by atoms with van der Waals surface area (Å²) in [6.45, 7) is 6.70. The van der Waals surface area contributed by atoms with Crippen LogP contribution in [0.25, 0.3) is 0 Å². The molecule has 118 valence electrons. The summed E-state index contributed by atoms with van der Waals surface area (Å²) in [5, 5.41) is 3.06. The highest BCUT2D eigenvalue weighted by Crippen LogP contribution is 2.38. The van der Waals surface area contributed by atoms with Gasteiger partial charge in [-0.3, -0.25) is 4.79 Å². The minimum atomic E-state index is 0.0744. The van der Waals surface area contributed by atoms with Crippen LogP contribution in [0.2, 0.25) is 0 Å². The standard InChI is InChI=1S/C16H33N3O/c1-4-14(2)19(3)11-10-18-15(20)12-16(13-17)8-6-5-7-9-16/h14H,4-13,17H2,1-3H3,(H,18,20). The van der Waals surface area contributed by atoms with Gasteiger partial charge in [0.1, 0.15) is 0 Å². The van der Waals surface area contributed by atoms with Crippen molar-refractivity contribution in [2.75, 3.05) is 26.7 Å². The fourth-order valence-corrected chi connectivity index (χ4v) is 3.06. The summed E-state index contributed by atoms with van der Waals surface area (Å²) in [4.78, 5) is 14.4. The number of nitrogens with two attached hydrogens (primary N) is 1. The van der Waals surface area contributed by atoms with Crippen molar-refractivity contribution in [1.29, 1.82) is 0 Å². The fraction of sp³-hybridized carbons (Fsp3) is 0.938. The Balaban J connectivity index is 2.28. The fourth-order valence-electron chi connectivity index (χ4n) is 3.06. The summed E-state index contributed by atoms with van der Waals surface area (Å²) >= 11 is 0. The second-order valence-corrected chi connectivity index (χ2v) is 6.53. The van der Waals surface area contributed by atoms with Crippen LogP contribution in [-0.4, -0.2) is 43.5 Å². The molecule has 1 aliphatic carbocycles. The Morgan fingerprint density at radius 2 is 2.00 bits per heavy atom. The van der Waals surface area contributed by atoms with Gasteiger partial charge in [-0.2, -0.15) is 0 Å². The van der Waals surface area contributed by atoms with E-state index < -0.39 is 0 Å². The maximum Gasteiger partial charge on any atom is 0.220 e. The number of hydrogen-bond acceptors (Lipinski definition) is 3. The van der Waals surface area contributed by atoms with E-state index in [0.29, 0.717) is 19.0 Å². The van der Waals surface area contributed by atoms with E-state index >= 15 is 0 Å². The van der Waals surface area contributed by atoms with E-state index in [1.807, 2.05) is 0 Å². The Morgan fingerprint density at radius 1 is 1.35 bits per heavy atom. The first kappa shape index (κ1) is 17.4. The normalized spacial score (nSPS) is 19.9. The van der Waals surface area contributed by atoms with E-state index in [-0.39, 0.29) is 11.3 Å². The van der Waals surface area contributed by atoms with Crippen LogP contribution in [0.4, 0.5) is 0 Å². The van der Waals surface area contributed by atoms with Crippen LogP contribution in [-0.2, 0) is 4.79 Å². The van der Waals surface area contributed by atoms with Crippen LogP contribution >= 0.6 is 0 Å². The molecular formula is C16H33N3O. The first-order chi connectivity index (χ1) is 9.53. The van der Waals surface area contributed by atoms with Gasteiger partial charge in [0.15, 0.2) is 0 Å². The highest BCUT2D eigenvalue weighted by molar-refractivity contribution is 5.76. The molecule has 20 heavy (non-hydrogen) atoms. The molecule has 0 aromatic carbocycles. The van der Waals surface area contributed by atoms with Crippen LogP contribution < -0.4 is 11.1 Å². The van der Waals surface area contributed by atoms with Gasteiger partial charge < -0.3 is 16.0 Å². The van der Waals surface area contributed by atoms with Crippen LogP contribution in [0.1, 0.15) is 58.8 Å². The number of hydrogen-bond donors (Lipinski definition) is 2. The molecule has 1 aliphatic rings. The lowest BCUT2D eigenvalue weighted by Gasteiger charge is -2.35. The summed E-state index contributed by atoms with van der Waals surface area (Å²) < 4.78 is 0. The molecule has 1 amide bonds. The maximum absolute atomic E-state index is 12.1. The van der Waals surface area contributed by atoms with E-state index in [1.54, 1.807) is 0 Å². The molecule has 0 bridgehead atoms. The maximum atomic E-state index is 12.1. The molecule has 1 fully saturated rings. The predicted molar refractivity (Wildman–Crippen MR) is 84.6 cm³/mol. The molecule has 0 spiro atoms. The molecule has 0 aliphatic heterocycles. The molecule has 4 nitrogen and oxygen atoms in total. The van der Waals surface area contributed by atoms with Crippen LogP contribution in [0.5, 0.6) is 0 Å². The van der Waals surface area contributed by atoms with Gasteiger partial charge in [-0.15, -0.1) is 0 Å². The number of rotatable bonds is 8. The number of nitrogens with one attached hydrogen (secondary N) is 1. The molecule has 0 radical (unpaired) electrons. The molecule has 0 heterocycles. The molecule has 0 aromatic heterocycles. The quantitative estimate of drug-likeness (QED) is 0.717. The number of carbonyl (C=O) groups excluding carboxylic acids is 1. The van der Waals surface area contributed by atoms with Gasteiger partial charge in [0.05, 0.1) is 0 Å². The molecule has 1 saturated carbocycles. The zero-order chi connectivity index (χ0) is 15.0. The Bertz CT molecular complexity index is 287. The van der Waals surface area contributed by atoms with Gasteiger partial charge in [0.2, 0.25) is 5.91 Å². The first-order valence-corrected chi connectivity index (χ1v) is 8.20. The molecule has 1 unspecified atom stereocenters. The predicted octanol–water partition coefficient (Wildman–Crippen LogP) is 2.13. The first-order valence-electron chi connectivity index (χ1n) is 8.20. The largest absolute Gasteiger partial charge is 0.355 e. The Labute approximate surface area is 124 Å². The van der Waals surface area contributed by atoms with Crippen LogP contribution in [0, 0.1) is 5.41 Å². The third-order valence-electron chi connectivity index (χ3n) is 5.01. The lowest BCUT2D eigenvalue weighted by Crippen LogP contribution is -2.41. The van der Waals surface area contributed by atoms with E-state index in [1.165, 1.54) is 19.3 Å². The SMILES string of the molecule is CCC(C)N(C)CCNC(=O)CC1(CN)CCCCC1. The Hall–Kier alpha value is -0.610. The van der Waals surface area contributed by atoms with Crippen molar-refractivity contribution in [3.63, 3.8) is 0 Å². The van der Waals surface area contributed by atoms with Gasteiger partial charge in [0.25, 0.3) is 0 Å². The minimum Gasteiger partial charge on any atom is -0.355 e. The molecule has 4 heteroatoms. The summed E-state index contributed by atoms with van der Waals surface area (Å²) in [7, 11) is 2.11. The molecular weight excluding hydrogens is 250 g/mol. The number of carbonyl (C=O) groups is 1. The monoisotopic (exact) mass is 283 g/mol. The zero-order valence-corrected chi connectivity index (χ0v) is 13.6. The van der Waals surface area contributed by atoms with Crippen LogP contribution in [0.15, 0.2) is 0 Å². The second kappa shape index (κ2) is 8.63. The summed E-state index contributed by atoms with van der Waals surface area (Å²) in [5.41, 5.74) is 6.01. The summed E-state index contributed by atoms with van der Waals surface area (Å²) in [5.74, 6) is 0.176. The van der Waals surface area contributed by atoms with Gasteiger partial charge >= 0.3 is 0 Å². The van der Waals surface area contributed by atoms with Gasteiger partial charge in [-0.25, -0.2) is 0 Å². The van der Waals surface area contributed by atoms with Gasteiger partial charge in [-0.05, 0) is 45.2 Å². The van der Waals surface area contributed by atoms with Crippen molar-refractivity contribution in [2.24, 2.45) is 11.1 Å². The van der Waals surface area contributed by atoms with Crippen molar-refractivity contribution < 1.29 is 4.79 Å². The number of nitrogens with zero attached hydrogens (tertiary/aromatic N) is 1. The van der Waals surface area contributed by atoms with Crippen molar-refractivity contribution in [2.45, 2.75) is 64.8 Å². The van der Waals surface area contributed by atoms with Crippen molar-refractivity contribution in [3.05, 3.63) is 0 Å². The van der Waals surface area contributed by atoms with Crippen molar-refractivity contribution >= 4 is 5.91 Å². The number of likely N-dealkylation sites (N-methyl/N-ethyl adjacent to an activating group) is 1. The van der Waals surface area contributed by atoms with E-state index in [4.69, 9.17) is 5.73 Å². The zero-order valence-electron chi connectivity index (χ0n) is 13.6. The van der Waals surface area contributed by atoms with E-state index in [2.05, 4.69) is 31.1 Å². The average molecular weight is 283 g/mol. The molecule has 1 atom stereocenters. The molecule has 0 saturated heterocycles.